The van der Waals surface area contributed by atoms with Gasteiger partial charge in [0.05, 0.1) is 6.54 Å². The Morgan fingerprint density at radius 1 is 1.53 bits per heavy atom. The van der Waals surface area contributed by atoms with E-state index in [1.165, 1.54) is 16.8 Å². The SMILES string of the molecule is CCN(CC1CCC1)S(=O)(=O)c1cc(CN)oc1Br. The van der Waals surface area contributed by atoms with Crippen molar-refractivity contribution in [1.82, 2.24) is 4.31 Å². The molecule has 0 atom stereocenters. The Morgan fingerprint density at radius 2 is 2.21 bits per heavy atom. The lowest BCUT2D eigenvalue weighted by Crippen LogP contribution is -2.37. The van der Waals surface area contributed by atoms with Gasteiger partial charge in [0.25, 0.3) is 0 Å². The van der Waals surface area contributed by atoms with Crippen LogP contribution in [0.25, 0.3) is 0 Å². The van der Waals surface area contributed by atoms with Crippen molar-refractivity contribution in [1.29, 1.82) is 0 Å². The van der Waals surface area contributed by atoms with Crippen LogP contribution < -0.4 is 5.73 Å². The van der Waals surface area contributed by atoms with Gasteiger partial charge in [-0.1, -0.05) is 13.3 Å². The van der Waals surface area contributed by atoms with Crippen molar-refractivity contribution in [3.8, 4) is 0 Å². The van der Waals surface area contributed by atoms with Crippen LogP contribution >= 0.6 is 15.9 Å². The van der Waals surface area contributed by atoms with Gasteiger partial charge in [0.1, 0.15) is 10.7 Å². The van der Waals surface area contributed by atoms with Gasteiger partial charge in [-0.25, -0.2) is 8.42 Å². The molecule has 0 aliphatic heterocycles. The molecule has 1 aromatic heterocycles. The lowest BCUT2D eigenvalue weighted by atomic mass is 9.85. The predicted molar refractivity (Wildman–Crippen MR) is 76.1 cm³/mol. The zero-order valence-corrected chi connectivity index (χ0v) is 13.3. The first kappa shape index (κ1) is 15.0. The van der Waals surface area contributed by atoms with Crippen LogP contribution in [0.4, 0.5) is 0 Å². The number of nitrogens with zero attached hydrogens (tertiary/aromatic N) is 1. The minimum absolute atomic E-state index is 0.175. The molecule has 1 aliphatic carbocycles. The van der Waals surface area contributed by atoms with E-state index in [1.54, 1.807) is 0 Å². The third kappa shape index (κ3) is 3.04. The second-order valence-electron chi connectivity index (χ2n) is 4.81. The standard InChI is InChI=1S/C12H19BrN2O3S/c1-2-15(8-9-4-3-5-9)19(16,17)11-6-10(7-14)18-12(11)13/h6,9H,2-5,7-8,14H2,1H3. The molecule has 0 bridgehead atoms. The Morgan fingerprint density at radius 3 is 2.63 bits per heavy atom. The summed E-state index contributed by atoms with van der Waals surface area (Å²) in [6, 6.07) is 1.50. The number of halogens is 1. The Kier molecular flexibility index (Phi) is 4.70. The first-order valence-corrected chi connectivity index (χ1v) is 8.70. The van der Waals surface area contributed by atoms with Crippen LogP contribution in [0.15, 0.2) is 20.0 Å². The van der Waals surface area contributed by atoms with Crippen LogP contribution in [0, 0.1) is 5.92 Å². The maximum Gasteiger partial charge on any atom is 0.247 e. The van der Waals surface area contributed by atoms with E-state index in [4.69, 9.17) is 10.2 Å². The minimum Gasteiger partial charge on any atom is -0.452 e. The highest BCUT2D eigenvalue weighted by Crippen LogP contribution is 2.32. The number of hydrogen-bond donors (Lipinski definition) is 1. The van der Waals surface area contributed by atoms with E-state index < -0.39 is 10.0 Å². The van der Waals surface area contributed by atoms with Crippen molar-refractivity contribution in [2.45, 2.75) is 37.6 Å². The fraction of sp³-hybridized carbons (Fsp3) is 0.667. The molecule has 19 heavy (non-hydrogen) atoms. The Balaban J connectivity index is 2.24. The molecule has 1 saturated carbocycles. The summed E-state index contributed by atoms with van der Waals surface area (Å²) in [4.78, 5) is 0.175. The van der Waals surface area contributed by atoms with Crippen molar-refractivity contribution in [2.24, 2.45) is 11.7 Å². The molecule has 0 amide bonds. The lowest BCUT2D eigenvalue weighted by Gasteiger charge is -2.30. The second kappa shape index (κ2) is 5.95. The normalized spacial score (nSPS) is 16.8. The molecule has 2 N–H and O–H groups in total. The molecule has 2 rings (SSSR count). The van der Waals surface area contributed by atoms with Gasteiger partial charge < -0.3 is 10.2 Å². The van der Waals surface area contributed by atoms with Gasteiger partial charge in [-0.3, -0.25) is 0 Å². The minimum atomic E-state index is -3.51. The van der Waals surface area contributed by atoms with Crippen molar-refractivity contribution in [3.05, 3.63) is 16.5 Å². The van der Waals surface area contributed by atoms with E-state index in [-0.39, 0.29) is 16.1 Å². The zero-order chi connectivity index (χ0) is 14.0. The zero-order valence-electron chi connectivity index (χ0n) is 10.9. The third-order valence-electron chi connectivity index (χ3n) is 3.56. The van der Waals surface area contributed by atoms with Gasteiger partial charge in [0.15, 0.2) is 4.67 Å². The summed E-state index contributed by atoms with van der Waals surface area (Å²) in [5.74, 6) is 0.958. The molecule has 0 saturated heterocycles. The van der Waals surface area contributed by atoms with Gasteiger partial charge in [0.2, 0.25) is 10.0 Å². The first-order chi connectivity index (χ1) is 8.98. The largest absolute Gasteiger partial charge is 0.452 e. The fourth-order valence-corrected chi connectivity index (χ4v) is 4.66. The van der Waals surface area contributed by atoms with E-state index in [0.717, 1.165) is 12.8 Å². The maximum absolute atomic E-state index is 12.6. The number of furan rings is 1. The highest BCUT2D eigenvalue weighted by molar-refractivity contribution is 9.10. The smallest absolute Gasteiger partial charge is 0.247 e. The third-order valence-corrected chi connectivity index (χ3v) is 6.36. The summed E-state index contributed by atoms with van der Waals surface area (Å²) in [7, 11) is -3.51. The summed E-state index contributed by atoms with van der Waals surface area (Å²) >= 11 is 3.16. The molecule has 0 radical (unpaired) electrons. The van der Waals surface area contributed by atoms with E-state index >= 15 is 0 Å². The van der Waals surface area contributed by atoms with Gasteiger partial charge >= 0.3 is 0 Å². The molecule has 0 unspecified atom stereocenters. The molecule has 1 fully saturated rings. The fourth-order valence-electron chi connectivity index (χ4n) is 2.17. The summed E-state index contributed by atoms with van der Waals surface area (Å²) in [5, 5.41) is 0. The maximum atomic E-state index is 12.6. The summed E-state index contributed by atoms with van der Waals surface area (Å²) < 4.78 is 32.2. The van der Waals surface area contributed by atoms with E-state index in [2.05, 4.69) is 15.9 Å². The number of rotatable bonds is 6. The molecular formula is C12H19BrN2O3S. The van der Waals surface area contributed by atoms with Gasteiger partial charge in [-0.05, 0) is 34.7 Å². The van der Waals surface area contributed by atoms with Gasteiger partial charge in [-0.15, -0.1) is 0 Å². The van der Waals surface area contributed by atoms with Crippen LogP contribution in [0.1, 0.15) is 31.9 Å². The Hall–Kier alpha value is -0.370. The quantitative estimate of drug-likeness (QED) is 0.853. The van der Waals surface area contributed by atoms with Crippen LogP contribution in [0.5, 0.6) is 0 Å². The molecule has 1 aromatic rings. The monoisotopic (exact) mass is 350 g/mol. The van der Waals surface area contributed by atoms with Crippen molar-refractivity contribution < 1.29 is 12.8 Å². The van der Waals surface area contributed by atoms with E-state index in [0.29, 0.717) is 24.8 Å². The van der Waals surface area contributed by atoms with Crippen molar-refractivity contribution in [3.63, 3.8) is 0 Å². The lowest BCUT2D eigenvalue weighted by molar-refractivity contribution is 0.249. The molecule has 5 nitrogen and oxygen atoms in total. The molecule has 0 aromatic carbocycles. The summed E-state index contributed by atoms with van der Waals surface area (Å²) in [5.41, 5.74) is 5.47. The molecular weight excluding hydrogens is 332 g/mol. The van der Waals surface area contributed by atoms with Crippen molar-refractivity contribution >= 4 is 26.0 Å². The predicted octanol–water partition coefficient (Wildman–Crippen LogP) is 2.31. The van der Waals surface area contributed by atoms with Crippen LogP contribution in [0.2, 0.25) is 0 Å². The average molecular weight is 351 g/mol. The topological polar surface area (TPSA) is 76.5 Å². The molecule has 1 aliphatic rings. The molecule has 7 heteroatoms. The number of sulfonamides is 1. The van der Waals surface area contributed by atoms with E-state index in [1.807, 2.05) is 6.92 Å². The van der Waals surface area contributed by atoms with Crippen molar-refractivity contribution in [2.75, 3.05) is 13.1 Å². The van der Waals surface area contributed by atoms with E-state index in [9.17, 15) is 8.42 Å². The molecule has 1 heterocycles. The summed E-state index contributed by atoms with van der Waals surface area (Å²) in [6.07, 6.45) is 3.44. The first-order valence-electron chi connectivity index (χ1n) is 6.47. The number of nitrogens with two attached hydrogens (primary N) is 1. The number of hydrogen-bond acceptors (Lipinski definition) is 4. The molecule has 108 valence electrons. The Bertz CT molecular complexity index is 537. The summed E-state index contributed by atoms with van der Waals surface area (Å²) in [6.45, 7) is 3.10. The van der Waals surface area contributed by atoms with Gasteiger partial charge in [0, 0.05) is 19.2 Å². The highest BCUT2D eigenvalue weighted by Gasteiger charge is 2.31. The average Bonchev–Trinajstić information content (AvgIpc) is 2.69. The highest BCUT2D eigenvalue weighted by atomic mass is 79.9. The van der Waals surface area contributed by atoms with Crippen LogP contribution in [-0.4, -0.2) is 25.8 Å². The second-order valence-corrected chi connectivity index (χ2v) is 7.43. The molecule has 0 spiro atoms. The van der Waals surface area contributed by atoms with Gasteiger partial charge in [-0.2, -0.15) is 4.31 Å². The van der Waals surface area contributed by atoms with Crippen LogP contribution in [-0.2, 0) is 16.6 Å². The Labute approximate surface area is 122 Å². The van der Waals surface area contributed by atoms with Crippen LogP contribution in [0.3, 0.4) is 0 Å².